The van der Waals surface area contributed by atoms with Crippen molar-refractivity contribution in [1.29, 1.82) is 0 Å². The Labute approximate surface area is 305 Å². The minimum absolute atomic E-state index is 0.0950. The second-order valence-electron chi connectivity index (χ2n) is 13.8. The molecule has 6 rings (SSSR count). The summed E-state index contributed by atoms with van der Waals surface area (Å²) in [7, 11) is 0. The first kappa shape index (κ1) is 37.5. The minimum Gasteiger partial charge on any atom is -0.345 e. The highest BCUT2D eigenvalue weighted by Crippen LogP contribution is 2.46. The maximum Gasteiger partial charge on any atom is 0.405 e. The molecule has 3 amide bonds. The van der Waals surface area contributed by atoms with E-state index < -0.39 is 48.3 Å². The minimum atomic E-state index is -4.67. The van der Waals surface area contributed by atoms with Crippen LogP contribution in [0.3, 0.4) is 0 Å². The molecule has 1 heterocycles. The number of hydrogen-bond acceptors (Lipinski definition) is 5. The fourth-order valence-corrected chi connectivity index (χ4v) is 6.56. The number of hydrogen-bond donors (Lipinski definition) is 3. The molecule has 0 bridgehead atoms. The molecule has 0 spiro atoms. The highest BCUT2D eigenvalue weighted by Gasteiger charge is 2.40. The van der Waals surface area contributed by atoms with Crippen LogP contribution in [0.15, 0.2) is 102 Å². The third-order valence-electron chi connectivity index (χ3n) is 9.27. The first-order chi connectivity index (χ1) is 25.4. The van der Waals surface area contributed by atoms with Crippen molar-refractivity contribution in [2.75, 3.05) is 11.9 Å². The van der Waals surface area contributed by atoms with Crippen LogP contribution in [0.25, 0.3) is 0 Å². The van der Waals surface area contributed by atoms with Crippen molar-refractivity contribution in [1.82, 2.24) is 25.3 Å². The summed E-state index contributed by atoms with van der Waals surface area (Å²) in [6, 6.07) is 21.1. The van der Waals surface area contributed by atoms with Gasteiger partial charge in [0, 0.05) is 25.3 Å². The zero-order valence-corrected chi connectivity index (χ0v) is 29.5. The van der Waals surface area contributed by atoms with Gasteiger partial charge in [-0.3, -0.25) is 24.0 Å². The predicted octanol–water partition coefficient (Wildman–Crippen LogP) is 7.26. The Kier molecular flexibility index (Phi) is 11.4. The van der Waals surface area contributed by atoms with E-state index in [1.807, 2.05) is 79.8 Å². The van der Waals surface area contributed by atoms with Crippen molar-refractivity contribution >= 4 is 23.4 Å². The lowest BCUT2D eigenvalue weighted by Crippen LogP contribution is -2.46. The summed E-state index contributed by atoms with van der Waals surface area (Å²) in [5.41, 5.74) is 3.72. The summed E-state index contributed by atoms with van der Waals surface area (Å²) in [6.07, 6.45) is 0.243. The smallest absolute Gasteiger partial charge is 0.345 e. The molecular formula is C40H42F4N6O3. The van der Waals surface area contributed by atoms with E-state index in [1.165, 1.54) is 18.3 Å². The predicted molar refractivity (Wildman–Crippen MR) is 192 cm³/mol. The number of halogens is 4. The van der Waals surface area contributed by atoms with Crippen LogP contribution < -0.4 is 16.0 Å². The van der Waals surface area contributed by atoms with E-state index in [2.05, 4.69) is 15.7 Å². The quantitative estimate of drug-likeness (QED) is 0.0882. The Morgan fingerprint density at radius 1 is 0.887 bits per heavy atom. The number of benzene rings is 3. The van der Waals surface area contributed by atoms with Crippen LogP contribution >= 0.6 is 0 Å². The average molecular weight is 731 g/mol. The standard InChI is InChI=1S/C40H42F4N6O3/c1-25(2)50-33(19-20-46-50)37(51)48-35(34(28-13-14-28)29-15-16-29)38(52)47-32-18-17-30(21-31(32)41)36(39(53)45-24-40(42,43)44)49(22-26-9-5-3-6-10-26)23-27-11-7-4-8-12-27/h3-12,17-21,25,28,35-36H,13-16,22-24H2,1-2H3,(H,45,53)(H,47,52)(H,48,51)/t35-,36?/m0/s1. The van der Waals surface area contributed by atoms with Gasteiger partial charge < -0.3 is 16.0 Å². The Bertz CT molecular complexity index is 1910. The SMILES string of the molecule is CC(C)n1nccc1C(=O)N[C@H](C(=O)Nc1ccc(C(C(=O)NCC(F)(F)F)N(Cc2ccccc2)Cc2ccccc2)cc1F)C(=C1CC1)C1CC1. The van der Waals surface area contributed by atoms with E-state index in [-0.39, 0.29) is 42.0 Å². The summed E-state index contributed by atoms with van der Waals surface area (Å²) in [5, 5.41) is 11.8. The molecule has 0 saturated heterocycles. The number of alkyl halides is 3. The molecule has 2 fully saturated rings. The summed E-state index contributed by atoms with van der Waals surface area (Å²) >= 11 is 0. The topological polar surface area (TPSA) is 108 Å². The van der Waals surface area contributed by atoms with Crippen molar-refractivity contribution in [2.45, 2.75) is 76.9 Å². The molecule has 2 aliphatic carbocycles. The number of amides is 3. The molecule has 0 aliphatic heterocycles. The maximum atomic E-state index is 16.1. The number of nitrogens with one attached hydrogen (secondary N) is 3. The Hall–Kier alpha value is -5.30. The van der Waals surface area contributed by atoms with Gasteiger partial charge >= 0.3 is 6.18 Å². The molecule has 53 heavy (non-hydrogen) atoms. The normalized spacial score (nSPS) is 15.2. The van der Waals surface area contributed by atoms with Gasteiger partial charge in [0.1, 0.15) is 30.1 Å². The van der Waals surface area contributed by atoms with Gasteiger partial charge in [-0.25, -0.2) is 4.39 Å². The summed E-state index contributed by atoms with van der Waals surface area (Å²) in [4.78, 5) is 42.8. The van der Waals surface area contributed by atoms with E-state index in [0.717, 1.165) is 54.0 Å². The molecule has 0 radical (unpaired) electrons. The third-order valence-corrected chi connectivity index (χ3v) is 9.27. The van der Waals surface area contributed by atoms with Gasteiger partial charge in [-0.15, -0.1) is 0 Å². The highest BCUT2D eigenvalue weighted by molar-refractivity contribution is 6.02. The van der Waals surface area contributed by atoms with E-state index in [4.69, 9.17) is 0 Å². The summed E-state index contributed by atoms with van der Waals surface area (Å²) in [6.45, 7) is 2.53. The molecule has 2 aliphatic rings. The largest absolute Gasteiger partial charge is 0.405 e. The van der Waals surface area contributed by atoms with Crippen molar-refractivity contribution in [2.24, 2.45) is 5.92 Å². The van der Waals surface area contributed by atoms with E-state index in [9.17, 15) is 27.6 Å². The first-order valence-corrected chi connectivity index (χ1v) is 17.7. The molecule has 3 N–H and O–H groups in total. The number of aromatic nitrogens is 2. The lowest BCUT2D eigenvalue weighted by Gasteiger charge is -2.32. The van der Waals surface area contributed by atoms with Crippen LogP contribution in [-0.4, -0.2) is 51.2 Å². The van der Waals surface area contributed by atoms with Crippen LogP contribution in [0.2, 0.25) is 0 Å². The number of nitrogens with zero attached hydrogens (tertiary/aromatic N) is 3. The van der Waals surface area contributed by atoms with Gasteiger partial charge in [-0.2, -0.15) is 18.3 Å². The van der Waals surface area contributed by atoms with Gasteiger partial charge in [-0.1, -0.05) is 72.3 Å². The van der Waals surface area contributed by atoms with Crippen LogP contribution in [-0.2, 0) is 22.7 Å². The zero-order valence-electron chi connectivity index (χ0n) is 29.5. The molecule has 4 aromatic rings. The Morgan fingerprint density at radius 3 is 2.04 bits per heavy atom. The molecule has 1 unspecified atom stereocenters. The van der Waals surface area contributed by atoms with Gasteiger partial charge in [0.2, 0.25) is 5.91 Å². The number of allylic oxidation sites excluding steroid dienone is 1. The molecule has 2 atom stereocenters. The average Bonchev–Trinajstić information content (AvgIpc) is 4.07. The van der Waals surface area contributed by atoms with Crippen molar-refractivity contribution in [3.63, 3.8) is 0 Å². The highest BCUT2D eigenvalue weighted by atomic mass is 19.4. The van der Waals surface area contributed by atoms with Crippen LogP contribution in [0.5, 0.6) is 0 Å². The number of carbonyl (C=O) groups excluding carboxylic acids is 3. The van der Waals surface area contributed by atoms with Crippen molar-refractivity contribution < 1.29 is 31.9 Å². The first-order valence-electron chi connectivity index (χ1n) is 17.7. The van der Waals surface area contributed by atoms with Crippen molar-refractivity contribution in [3.8, 4) is 0 Å². The maximum absolute atomic E-state index is 16.1. The van der Waals surface area contributed by atoms with E-state index in [0.29, 0.717) is 0 Å². The zero-order chi connectivity index (χ0) is 37.7. The Balaban J connectivity index is 1.30. The molecule has 3 aromatic carbocycles. The molecule has 1 aromatic heterocycles. The monoisotopic (exact) mass is 730 g/mol. The third kappa shape index (κ3) is 9.78. The molecule has 2 saturated carbocycles. The number of rotatable bonds is 15. The van der Waals surface area contributed by atoms with Gasteiger partial charge in [-0.05, 0) is 85.9 Å². The van der Waals surface area contributed by atoms with Crippen molar-refractivity contribution in [3.05, 3.63) is 130 Å². The molecule has 13 heteroatoms. The van der Waals surface area contributed by atoms with Crippen LogP contribution in [0.1, 0.15) is 78.8 Å². The second-order valence-corrected chi connectivity index (χ2v) is 13.8. The molecule has 9 nitrogen and oxygen atoms in total. The number of carbonyl (C=O) groups is 3. The fourth-order valence-electron chi connectivity index (χ4n) is 6.56. The van der Waals surface area contributed by atoms with E-state index >= 15 is 4.39 Å². The van der Waals surface area contributed by atoms with Crippen LogP contribution in [0.4, 0.5) is 23.2 Å². The van der Waals surface area contributed by atoms with E-state index in [1.54, 1.807) is 15.6 Å². The summed E-state index contributed by atoms with van der Waals surface area (Å²) in [5.74, 6) is -2.83. The number of anilines is 1. The fraction of sp³-hybridized carbons (Fsp3) is 0.350. The van der Waals surface area contributed by atoms with Crippen LogP contribution in [0, 0.1) is 11.7 Å². The molecule has 278 valence electrons. The summed E-state index contributed by atoms with van der Waals surface area (Å²) < 4.78 is 57.6. The molecular weight excluding hydrogens is 688 g/mol. The van der Waals surface area contributed by atoms with Gasteiger partial charge in [0.15, 0.2) is 0 Å². The van der Waals surface area contributed by atoms with Gasteiger partial charge in [0.25, 0.3) is 11.8 Å². The Morgan fingerprint density at radius 2 is 1.51 bits per heavy atom. The lowest BCUT2D eigenvalue weighted by molar-refractivity contribution is -0.142. The van der Waals surface area contributed by atoms with Gasteiger partial charge in [0.05, 0.1) is 5.69 Å². The second kappa shape index (κ2) is 16.2. The lowest BCUT2D eigenvalue weighted by atomic mass is 9.99.